The first-order chi connectivity index (χ1) is 20.7. The summed E-state index contributed by atoms with van der Waals surface area (Å²) in [5, 5.41) is -0.0696. The zero-order valence-corrected chi connectivity index (χ0v) is 29.1. The van der Waals surface area contributed by atoms with Gasteiger partial charge in [0.2, 0.25) is 0 Å². The lowest BCUT2D eigenvalue weighted by Gasteiger charge is -2.48. The van der Waals surface area contributed by atoms with Crippen molar-refractivity contribution < 1.29 is 36.6 Å². The molecule has 3 aliphatic rings. The molecule has 0 aromatic carbocycles. The molecule has 1 saturated heterocycles. The summed E-state index contributed by atoms with van der Waals surface area (Å²) in [5.74, 6) is -0.447. The summed E-state index contributed by atoms with van der Waals surface area (Å²) in [5.41, 5.74) is 2.51. The molecule has 2 aliphatic heterocycles. The molecule has 0 amide bonds. The number of pyridine rings is 2. The van der Waals surface area contributed by atoms with Gasteiger partial charge in [0.05, 0.1) is 17.4 Å². The maximum atomic E-state index is 13.5. The smallest absolute Gasteiger partial charge is 0.433 e. The SMILES string of the molecule is CC(=O)OC1c2nc(C(C)C)c3c(c2C(O[Si](C)(C)C(C)(C)C)CC1(C)C)C1(CCOCC1)OC3c1ccc(C(F)(F)F)nc1. The monoisotopic (exact) mass is 648 g/mol. The summed E-state index contributed by atoms with van der Waals surface area (Å²) >= 11 is 0. The first-order valence-corrected chi connectivity index (χ1v) is 18.8. The third-order valence-electron chi connectivity index (χ3n) is 10.1. The van der Waals surface area contributed by atoms with E-state index in [0.29, 0.717) is 43.7 Å². The Balaban J connectivity index is 1.83. The number of ether oxygens (including phenoxy) is 3. The van der Waals surface area contributed by atoms with Gasteiger partial charge in [0.25, 0.3) is 0 Å². The standard InChI is InChI=1S/C34H47F3N2O5Si/c1-19(2)27-25-26(33(13-15-41-16-14-33)43-29(25)21-11-12-23(38-18-21)34(35,36)37)24-22(44-45(9,10)31(4,5)6)17-32(7,8)30(28(24)39-27)42-20(3)40/h11-12,18-19,22,29-30H,13-17H2,1-10H3. The van der Waals surface area contributed by atoms with Crippen molar-refractivity contribution in [2.75, 3.05) is 13.2 Å². The molecule has 3 unspecified atom stereocenters. The average molecular weight is 649 g/mol. The Hall–Kier alpha value is -2.34. The summed E-state index contributed by atoms with van der Waals surface area (Å²) in [6.07, 6.45) is -3.20. The van der Waals surface area contributed by atoms with E-state index >= 15 is 0 Å². The van der Waals surface area contributed by atoms with Gasteiger partial charge in [0.15, 0.2) is 8.32 Å². The van der Waals surface area contributed by atoms with Crippen LogP contribution in [-0.4, -0.2) is 37.5 Å². The summed E-state index contributed by atoms with van der Waals surface area (Å²) in [4.78, 5) is 21.6. The van der Waals surface area contributed by atoms with E-state index in [2.05, 4.69) is 52.7 Å². The van der Waals surface area contributed by atoms with Crippen LogP contribution in [0.3, 0.4) is 0 Å². The molecule has 11 heteroatoms. The zero-order valence-electron chi connectivity index (χ0n) is 28.1. The van der Waals surface area contributed by atoms with Crippen LogP contribution in [0.25, 0.3) is 0 Å². The molecule has 0 N–H and O–H groups in total. The molecule has 1 spiro atoms. The van der Waals surface area contributed by atoms with Gasteiger partial charge in [-0.1, -0.05) is 54.5 Å². The molecular weight excluding hydrogens is 601 g/mol. The van der Waals surface area contributed by atoms with Crippen molar-refractivity contribution in [3.8, 4) is 0 Å². The van der Waals surface area contributed by atoms with Crippen LogP contribution >= 0.6 is 0 Å². The van der Waals surface area contributed by atoms with Gasteiger partial charge < -0.3 is 18.6 Å². The maximum Gasteiger partial charge on any atom is 0.433 e. The van der Waals surface area contributed by atoms with Crippen LogP contribution in [0.1, 0.15) is 138 Å². The van der Waals surface area contributed by atoms with E-state index in [1.54, 1.807) is 0 Å². The lowest BCUT2D eigenvalue weighted by Crippen LogP contribution is -2.46. The number of halogens is 3. The third-order valence-corrected chi connectivity index (χ3v) is 14.6. The molecule has 2 aromatic rings. The minimum absolute atomic E-state index is 0.0599. The van der Waals surface area contributed by atoms with Gasteiger partial charge in [-0.3, -0.25) is 14.8 Å². The number of aromatic nitrogens is 2. The van der Waals surface area contributed by atoms with Gasteiger partial charge in [-0.2, -0.15) is 13.2 Å². The molecule has 0 radical (unpaired) electrons. The van der Waals surface area contributed by atoms with E-state index in [9.17, 15) is 18.0 Å². The normalized spacial score (nSPS) is 24.4. The van der Waals surface area contributed by atoms with E-state index < -0.39 is 43.4 Å². The topological polar surface area (TPSA) is 79.8 Å². The van der Waals surface area contributed by atoms with E-state index in [1.165, 1.54) is 19.2 Å². The Morgan fingerprint density at radius 3 is 2.24 bits per heavy atom. The summed E-state index contributed by atoms with van der Waals surface area (Å²) < 4.78 is 66.6. The number of fused-ring (bicyclic) bond motifs is 4. The predicted octanol–water partition coefficient (Wildman–Crippen LogP) is 8.84. The van der Waals surface area contributed by atoms with Crippen molar-refractivity contribution in [3.63, 3.8) is 0 Å². The first-order valence-electron chi connectivity index (χ1n) is 15.9. The first kappa shape index (κ1) is 34.0. The van der Waals surface area contributed by atoms with E-state index in [0.717, 1.165) is 28.5 Å². The number of hydrogen-bond acceptors (Lipinski definition) is 7. The number of alkyl halides is 3. The third kappa shape index (κ3) is 6.10. The van der Waals surface area contributed by atoms with Crippen molar-refractivity contribution >= 4 is 14.3 Å². The fourth-order valence-electron chi connectivity index (χ4n) is 6.82. The highest BCUT2D eigenvalue weighted by Crippen LogP contribution is 2.61. The zero-order chi connectivity index (χ0) is 33.3. The lowest BCUT2D eigenvalue weighted by atomic mass is 9.68. The number of nitrogens with zero attached hydrogens (tertiary/aromatic N) is 2. The molecule has 45 heavy (non-hydrogen) atoms. The number of rotatable bonds is 5. The summed E-state index contributed by atoms with van der Waals surface area (Å²) in [7, 11) is -2.33. The molecule has 0 bridgehead atoms. The molecule has 5 rings (SSSR count). The molecule has 1 fully saturated rings. The summed E-state index contributed by atoms with van der Waals surface area (Å²) in [6, 6.07) is 2.47. The van der Waals surface area contributed by atoms with Crippen molar-refractivity contribution in [1.29, 1.82) is 0 Å². The highest BCUT2D eigenvalue weighted by atomic mass is 28.4. The molecule has 1 aliphatic carbocycles. The van der Waals surface area contributed by atoms with Crippen molar-refractivity contribution in [2.24, 2.45) is 5.41 Å². The van der Waals surface area contributed by atoms with Crippen LogP contribution in [0.4, 0.5) is 13.2 Å². The predicted molar refractivity (Wildman–Crippen MR) is 166 cm³/mol. The van der Waals surface area contributed by atoms with Crippen LogP contribution in [0.5, 0.6) is 0 Å². The van der Waals surface area contributed by atoms with Crippen molar-refractivity contribution in [1.82, 2.24) is 9.97 Å². The molecule has 3 atom stereocenters. The number of hydrogen-bond donors (Lipinski definition) is 0. The quantitative estimate of drug-likeness (QED) is 0.237. The van der Waals surface area contributed by atoms with Crippen molar-refractivity contribution in [3.05, 3.63) is 57.7 Å². The number of esters is 1. The fraction of sp³-hybridized carbons (Fsp3) is 0.676. The van der Waals surface area contributed by atoms with Gasteiger partial charge in [0.1, 0.15) is 17.9 Å². The second-order valence-corrected chi connectivity index (χ2v) is 20.1. The molecule has 0 saturated carbocycles. The van der Waals surface area contributed by atoms with Gasteiger partial charge >= 0.3 is 12.1 Å². The minimum Gasteiger partial charge on any atom is -0.455 e. The number of carbonyl (C=O) groups is 1. The second kappa shape index (κ2) is 11.4. The Bertz CT molecular complexity index is 1440. The van der Waals surface area contributed by atoms with Crippen LogP contribution in [-0.2, 0) is 35.2 Å². The second-order valence-electron chi connectivity index (χ2n) is 15.4. The highest BCUT2D eigenvalue weighted by Gasteiger charge is 2.56. The van der Waals surface area contributed by atoms with Gasteiger partial charge in [0, 0.05) is 67.0 Å². The molecule has 7 nitrogen and oxygen atoms in total. The molecule has 248 valence electrons. The fourth-order valence-corrected chi connectivity index (χ4v) is 8.09. The Morgan fingerprint density at radius 2 is 1.73 bits per heavy atom. The summed E-state index contributed by atoms with van der Waals surface area (Å²) in [6.45, 7) is 21.7. The van der Waals surface area contributed by atoms with Crippen LogP contribution in [0.2, 0.25) is 18.1 Å². The lowest BCUT2D eigenvalue weighted by molar-refractivity contribution is -0.156. The van der Waals surface area contributed by atoms with Gasteiger partial charge in [-0.25, -0.2) is 0 Å². The van der Waals surface area contributed by atoms with E-state index in [1.807, 2.05) is 13.8 Å². The Kier molecular flexibility index (Phi) is 8.63. The largest absolute Gasteiger partial charge is 0.455 e. The maximum absolute atomic E-state index is 13.5. The number of carbonyl (C=O) groups excluding carboxylic acids is 1. The Morgan fingerprint density at radius 1 is 1.09 bits per heavy atom. The average Bonchev–Trinajstić information content (AvgIpc) is 3.23. The van der Waals surface area contributed by atoms with Crippen LogP contribution in [0.15, 0.2) is 18.3 Å². The van der Waals surface area contributed by atoms with Crippen molar-refractivity contribution in [2.45, 2.75) is 129 Å². The van der Waals surface area contributed by atoms with E-state index in [4.69, 9.17) is 23.6 Å². The Labute approximate surface area is 265 Å². The van der Waals surface area contributed by atoms with E-state index in [-0.39, 0.29) is 23.0 Å². The van der Waals surface area contributed by atoms with Crippen LogP contribution in [0, 0.1) is 5.41 Å². The van der Waals surface area contributed by atoms with Gasteiger partial charge in [-0.15, -0.1) is 0 Å². The highest BCUT2D eigenvalue weighted by molar-refractivity contribution is 6.74. The van der Waals surface area contributed by atoms with Crippen LogP contribution < -0.4 is 0 Å². The minimum atomic E-state index is -4.55. The van der Waals surface area contributed by atoms with Gasteiger partial charge in [-0.05, 0) is 42.1 Å². The molecule has 4 heterocycles. The molecular formula is C34H47F3N2O5Si. The molecule has 2 aromatic heterocycles.